The molecule has 2 heterocycles. The van der Waals surface area contributed by atoms with Gasteiger partial charge in [-0.25, -0.2) is 0 Å². The van der Waals surface area contributed by atoms with Gasteiger partial charge in [-0.2, -0.15) is 0 Å². The molecule has 0 spiro atoms. The lowest BCUT2D eigenvalue weighted by Gasteiger charge is -2.26. The third-order valence-corrected chi connectivity index (χ3v) is 4.90. The lowest BCUT2D eigenvalue weighted by Crippen LogP contribution is -2.31. The molecular formula is C17H19NOS. The average molecular weight is 285 g/mol. The van der Waals surface area contributed by atoms with Gasteiger partial charge in [0, 0.05) is 11.4 Å². The molecule has 1 aromatic heterocycles. The summed E-state index contributed by atoms with van der Waals surface area (Å²) in [7, 11) is 0. The number of hydrogen-bond donors (Lipinski definition) is 0. The predicted octanol–water partition coefficient (Wildman–Crippen LogP) is 3.96. The molecule has 0 N–H and O–H groups in total. The van der Waals surface area contributed by atoms with Gasteiger partial charge in [0.25, 0.3) is 0 Å². The van der Waals surface area contributed by atoms with E-state index in [0.29, 0.717) is 6.42 Å². The number of nitrogens with zero attached hydrogens (tertiary/aromatic N) is 1. The normalized spacial score (nSPS) is 18.4. The number of rotatable bonds is 3. The Morgan fingerprint density at radius 3 is 2.90 bits per heavy atom. The smallest absolute Gasteiger partial charge is 0.228 e. The van der Waals surface area contributed by atoms with Crippen molar-refractivity contribution in [3.63, 3.8) is 0 Å². The van der Waals surface area contributed by atoms with Gasteiger partial charge in [-0.05, 0) is 42.3 Å². The first-order chi connectivity index (χ1) is 9.75. The highest BCUT2D eigenvalue weighted by Gasteiger charge is 2.30. The van der Waals surface area contributed by atoms with Gasteiger partial charge in [0.15, 0.2) is 0 Å². The molecule has 0 aliphatic carbocycles. The van der Waals surface area contributed by atoms with Crippen molar-refractivity contribution in [2.45, 2.75) is 32.2 Å². The fourth-order valence-corrected chi connectivity index (χ4v) is 3.71. The maximum atomic E-state index is 12.5. The zero-order chi connectivity index (χ0) is 13.9. The molecule has 2 aromatic rings. The summed E-state index contributed by atoms with van der Waals surface area (Å²) >= 11 is 1.66. The van der Waals surface area contributed by atoms with Crippen LogP contribution in [-0.4, -0.2) is 17.4 Å². The quantitative estimate of drug-likeness (QED) is 0.836. The van der Waals surface area contributed by atoms with Gasteiger partial charge in [-0.3, -0.25) is 4.79 Å². The Morgan fingerprint density at radius 1 is 1.30 bits per heavy atom. The standard InChI is InChI=1S/C17H19NOS/c1-13-6-2-3-8-15(13)16-9-4-10-18(16)17(19)12-14-7-5-11-20-14/h2-3,5-8,11,16H,4,9-10,12H2,1H3/t16-/m1/s1. The zero-order valence-corrected chi connectivity index (χ0v) is 12.5. The number of carbonyl (C=O) groups is 1. The van der Waals surface area contributed by atoms with Crippen LogP contribution in [-0.2, 0) is 11.2 Å². The molecule has 0 unspecified atom stereocenters. The number of hydrogen-bond acceptors (Lipinski definition) is 2. The number of likely N-dealkylation sites (tertiary alicyclic amines) is 1. The second-order valence-electron chi connectivity index (χ2n) is 5.36. The van der Waals surface area contributed by atoms with Gasteiger partial charge in [0.1, 0.15) is 0 Å². The van der Waals surface area contributed by atoms with Crippen molar-refractivity contribution in [1.29, 1.82) is 0 Å². The molecule has 1 aliphatic rings. The van der Waals surface area contributed by atoms with Gasteiger partial charge in [-0.15, -0.1) is 11.3 Å². The summed E-state index contributed by atoms with van der Waals surface area (Å²) in [6.45, 7) is 3.03. The van der Waals surface area contributed by atoms with Crippen molar-refractivity contribution in [3.05, 3.63) is 57.8 Å². The molecule has 1 amide bonds. The number of carbonyl (C=O) groups excluding carboxylic acids is 1. The van der Waals surface area contributed by atoms with Crippen LogP contribution in [0, 0.1) is 6.92 Å². The van der Waals surface area contributed by atoms with Crippen LogP contribution in [0.25, 0.3) is 0 Å². The van der Waals surface area contributed by atoms with E-state index in [-0.39, 0.29) is 11.9 Å². The highest BCUT2D eigenvalue weighted by Crippen LogP contribution is 2.34. The predicted molar refractivity (Wildman–Crippen MR) is 82.9 cm³/mol. The minimum absolute atomic E-state index is 0.262. The van der Waals surface area contributed by atoms with Crippen LogP contribution in [0.1, 0.15) is 34.9 Å². The van der Waals surface area contributed by atoms with Gasteiger partial charge in [0.05, 0.1) is 12.5 Å². The molecular weight excluding hydrogens is 266 g/mol. The first-order valence-electron chi connectivity index (χ1n) is 7.13. The van der Waals surface area contributed by atoms with Crippen LogP contribution in [0.3, 0.4) is 0 Å². The van der Waals surface area contributed by atoms with Gasteiger partial charge >= 0.3 is 0 Å². The summed E-state index contributed by atoms with van der Waals surface area (Å²) < 4.78 is 0. The molecule has 20 heavy (non-hydrogen) atoms. The molecule has 104 valence electrons. The topological polar surface area (TPSA) is 20.3 Å². The minimum Gasteiger partial charge on any atom is -0.335 e. The van der Waals surface area contributed by atoms with Crippen molar-refractivity contribution in [2.75, 3.05) is 6.54 Å². The maximum absolute atomic E-state index is 12.5. The van der Waals surface area contributed by atoms with Crippen molar-refractivity contribution >= 4 is 17.2 Å². The van der Waals surface area contributed by atoms with Crippen LogP contribution in [0.5, 0.6) is 0 Å². The highest BCUT2D eigenvalue weighted by molar-refractivity contribution is 7.10. The summed E-state index contributed by atoms with van der Waals surface area (Å²) in [6, 6.07) is 12.8. The lowest BCUT2D eigenvalue weighted by atomic mass is 9.99. The Hall–Kier alpha value is -1.61. The third kappa shape index (κ3) is 2.63. The van der Waals surface area contributed by atoms with Gasteiger partial charge in [0.2, 0.25) is 5.91 Å². The summed E-state index contributed by atoms with van der Waals surface area (Å²) in [5, 5.41) is 2.03. The van der Waals surface area contributed by atoms with E-state index in [2.05, 4.69) is 36.1 Å². The molecule has 2 nitrogen and oxygen atoms in total. The Morgan fingerprint density at radius 2 is 2.15 bits per heavy atom. The molecule has 1 aliphatic heterocycles. The van der Waals surface area contributed by atoms with Gasteiger partial charge < -0.3 is 4.90 Å². The molecule has 1 saturated heterocycles. The average Bonchev–Trinajstić information content (AvgIpc) is 3.09. The van der Waals surface area contributed by atoms with E-state index < -0.39 is 0 Å². The molecule has 0 saturated carbocycles. The van der Waals surface area contributed by atoms with Crippen molar-refractivity contribution in [3.8, 4) is 0 Å². The minimum atomic E-state index is 0.262. The van der Waals surface area contributed by atoms with E-state index in [4.69, 9.17) is 0 Å². The van der Waals surface area contributed by atoms with Crippen LogP contribution >= 0.6 is 11.3 Å². The third-order valence-electron chi connectivity index (χ3n) is 4.03. The van der Waals surface area contributed by atoms with E-state index >= 15 is 0 Å². The maximum Gasteiger partial charge on any atom is 0.228 e. The second-order valence-corrected chi connectivity index (χ2v) is 6.39. The molecule has 1 aromatic carbocycles. The van der Waals surface area contributed by atoms with Crippen LogP contribution in [0.4, 0.5) is 0 Å². The molecule has 1 fully saturated rings. The largest absolute Gasteiger partial charge is 0.335 e. The van der Waals surface area contributed by atoms with E-state index in [9.17, 15) is 4.79 Å². The Labute approximate surface area is 124 Å². The van der Waals surface area contributed by atoms with Crippen molar-refractivity contribution in [2.24, 2.45) is 0 Å². The molecule has 1 atom stereocenters. The molecule has 3 rings (SSSR count). The Balaban J connectivity index is 1.79. The second kappa shape index (κ2) is 5.80. The monoisotopic (exact) mass is 285 g/mol. The summed E-state index contributed by atoms with van der Waals surface area (Å²) in [6.07, 6.45) is 2.73. The Bertz CT molecular complexity index is 591. The number of aryl methyl sites for hydroxylation is 1. The first-order valence-corrected chi connectivity index (χ1v) is 8.01. The van der Waals surface area contributed by atoms with Crippen molar-refractivity contribution < 1.29 is 4.79 Å². The Kier molecular flexibility index (Phi) is 3.88. The zero-order valence-electron chi connectivity index (χ0n) is 11.7. The van der Waals surface area contributed by atoms with Crippen LogP contribution < -0.4 is 0 Å². The summed E-state index contributed by atoms with van der Waals surface area (Å²) in [4.78, 5) is 15.8. The van der Waals surface area contributed by atoms with Crippen LogP contribution in [0.15, 0.2) is 41.8 Å². The van der Waals surface area contributed by atoms with Gasteiger partial charge in [-0.1, -0.05) is 30.3 Å². The number of thiophene rings is 1. The number of benzene rings is 1. The molecule has 3 heteroatoms. The van der Waals surface area contributed by atoms with E-state index in [1.165, 1.54) is 11.1 Å². The summed E-state index contributed by atoms with van der Waals surface area (Å²) in [5.74, 6) is 0.262. The first kappa shape index (κ1) is 13.4. The molecule has 0 bridgehead atoms. The fourth-order valence-electron chi connectivity index (χ4n) is 3.01. The van der Waals surface area contributed by atoms with Crippen LogP contribution in [0.2, 0.25) is 0 Å². The fraction of sp³-hybridized carbons (Fsp3) is 0.353. The number of amides is 1. The summed E-state index contributed by atoms with van der Waals surface area (Å²) in [5.41, 5.74) is 2.60. The SMILES string of the molecule is Cc1ccccc1[C@H]1CCCN1C(=O)Cc1cccs1. The van der Waals surface area contributed by atoms with E-state index in [0.717, 1.165) is 24.3 Å². The molecule has 0 radical (unpaired) electrons. The van der Waals surface area contributed by atoms with E-state index in [1.54, 1.807) is 11.3 Å². The lowest BCUT2D eigenvalue weighted by molar-refractivity contribution is -0.131. The van der Waals surface area contributed by atoms with Crippen molar-refractivity contribution in [1.82, 2.24) is 4.90 Å². The highest BCUT2D eigenvalue weighted by atomic mass is 32.1. The van der Waals surface area contributed by atoms with E-state index in [1.807, 2.05) is 17.5 Å².